The van der Waals surface area contributed by atoms with Crippen molar-refractivity contribution in [3.05, 3.63) is 47.5 Å². The van der Waals surface area contributed by atoms with E-state index in [0.717, 1.165) is 18.4 Å². The van der Waals surface area contributed by atoms with Crippen LogP contribution in [0.1, 0.15) is 35.8 Å². The van der Waals surface area contributed by atoms with Gasteiger partial charge in [-0.15, -0.1) is 0 Å². The van der Waals surface area contributed by atoms with Crippen LogP contribution in [0.25, 0.3) is 0 Å². The van der Waals surface area contributed by atoms with Gasteiger partial charge in [0.25, 0.3) is 0 Å². The summed E-state index contributed by atoms with van der Waals surface area (Å²) in [6.07, 6.45) is 2.12. The highest BCUT2D eigenvalue weighted by atomic mass is 16.1. The first kappa shape index (κ1) is 7.98. The van der Waals surface area contributed by atoms with E-state index < -0.39 is 0 Å². The molecule has 2 bridgehead atoms. The van der Waals surface area contributed by atoms with E-state index in [2.05, 4.69) is 24.8 Å². The van der Waals surface area contributed by atoms with Crippen LogP contribution < -0.4 is 0 Å². The number of hydrogen-bond acceptors (Lipinski definition) is 1. The first-order valence-electron chi connectivity index (χ1n) is 5.11. The highest BCUT2D eigenvalue weighted by molar-refractivity contribution is 6.04. The van der Waals surface area contributed by atoms with E-state index in [9.17, 15) is 4.79 Å². The summed E-state index contributed by atoms with van der Waals surface area (Å²) in [5.74, 6) is 0.701. The first-order chi connectivity index (χ1) is 6.79. The standard InChI is InChI=1S/C13H12O/c1-8-9-6-7-12(13(8)14)11-5-3-2-4-10(9)11/h2-5,9,12H,1,6-7H2/t9-,12+/m1/s1. The van der Waals surface area contributed by atoms with Gasteiger partial charge in [0.05, 0.1) is 0 Å². The molecule has 1 saturated carbocycles. The van der Waals surface area contributed by atoms with Gasteiger partial charge in [-0.25, -0.2) is 0 Å². The molecule has 0 saturated heterocycles. The van der Waals surface area contributed by atoms with Crippen molar-refractivity contribution in [3.8, 4) is 0 Å². The third kappa shape index (κ3) is 0.822. The topological polar surface area (TPSA) is 17.1 Å². The maximum absolute atomic E-state index is 11.8. The van der Waals surface area contributed by atoms with Crippen molar-refractivity contribution in [1.82, 2.24) is 0 Å². The maximum atomic E-state index is 11.8. The van der Waals surface area contributed by atoms with Gasteiger partial charge < -0.3 is 0 Å². The zero-order valence-corrected chi connectivity index (χ0v) is 7.99. The molecule has 1 aromatic carbocycles. The van der Waals surface area contributed by atoms with E-state index in [0.29, 0.717) is 5.92 Å². The number of ketones is 1. The summed E-state index contributed by atoms with van der Waals surface area (Å²) in [5.41, 5.74) is 3.43. The zero-order valence-electron chi connectivity index (χ0n) is 7.99. The van der Waals surface area contributed by atoms with Crippen LogP contribution in [0, 0.1) is 0 Å². The molecule has 0 radical (unpaired) electrons. The van der Waals surface area contributed by atoms with Gasteiger partial charge in [0.15, 0.2) is 5.78 Å². The molecule has 0 heterocycles. The molecule has 0 unspecified atom stereocenters. The van der Waals surface area contributed by atoms with E-state index in [1.54, 1.807) is 0 Å². The number of rotatable bonds is 0. The summed E-state index contributed by atoms with van der Waals surface area (Å²) in [6.45, 7) is 3.93. The summed E-state index contributed by atoms with van der Waals surface area (Å²) in [6, 6.07) is 8.31. The Bertz CT molecular complexity index is 390. The molecule has 2 atom stereocenters. The Balaban J connectivity index is 2.27. The van der Waals surface area contributed by atoms with E-state index >= 15 is 0 Å². The summed E-state index contributed by atoms with van der Waals surface area (Å²) in [5, 5.41) is 0. The second kappa shape index (κ2) is 2.57. The fourth-order valence-electron chi connectivity index (χ4n) is 2.82. The molecule has 3 aliphatic rings. The van der Waals surface area contributed by atoms with Crippen LogP contribution in [0.5, 0.6) is 0 Å². The van der Waals surface area contributed by atoms with Gasteiger partial charge in [-0.1, -0.05) is 30.8 Å². The lowest BCUT2D eigenvalue weighted by atomic mass is 9.64. The van der Waals surface area contributed by atoms with Gasteiger partial charge in [-0.2, -0.15) is 0 Å². The summed E-state index contributed by atoms with van der Waals surface area (Å²) < 4.78 is 0. The Morgan fingerprint density at radius 3 is 2.36 bits per heavy atom. The third-order valence-electron chi connectivity index (χ3n) is 3.54. The summed E-state index contributed by atoms with van der Waals surface area (Å²) >= 11 is 0. The monoisotopic (exact) mass is 184 g/mol. The number of benzene rings is 1. The highest BCUT2D eigenvalue weighted by Gasteiger charge is 2.40. The minimum absolute atomic E-state index is 0.115. The lowest BCUT2D eigenvalue weighted by molar-refractivity contribution is -0.118. The van der Waals surface area contributed by atoms with Gasteiger partial charge >= 0.3 is 0 Å². The van der Waals surface area contributed by atoms with Crippen molar-refractivity contribution >= 4 is 5.78 Å². The number of fused-ring (bicyclic) bond motifs is 2. The quantitative estimate of drug-likeness (QED) is 0.567. The first-order valence-corrected chi connectivity index (χ1v) is 5.11. The number of allylic oxidation sites excluding steroid dienone is 1. The second-order valence-corrected chi connectivity index (χ2v) is 4.20. The fraction of sp³-hybridized carbons (Fsp3) is 0.308. The molecule has 14 heavy (non-hydrogen) atoms. The molecular formula is C13H12O. The smallest absolute Gasteiger partial charge is 0.166 e. The minimum atomic E-state index is 0.115. The molecular weight excluding hydrogens is 172 g/mol. The third-order valence-corrected chi connectivity index (χ3v) is 3.54. The SMILES string of the molecule is C=C1C(=O)[C@H]2CC[C@H]1c1ccccc12. The van der Waals surface area contributed by atoms with Crippen LogP contribution in [0.3, 0.4) is 0 Å². The molecule has 1 aromatic rings. The molecule has 3 aliphatic carbocycles. The van der Waals surface area contributed by atoms with Crippen LogP contribution >= 0.6 is 0 Å². The predicted molar refractivity (Wildman–Crippen MR) is 55.3 cm³/mol. The van der Waals surface area contributed by atoms with Crippen LogP contribution in [0.15, 0.2) is 36.4 Å². The van der Waals surface area contributed by atoms with E-state index in [-0.39, 0.29) is 11.7 Å². The van der Waals surface area contributed by atoms with Crippen molar-refractivity contribution < 1.29 is 4.79 Å². The van der Waals surface area contributed by atoms with Gasteiger partial charge in [0.1, 0.15) is 0 Å². The van der Waals surface area contributed by atoms with Gasteiger partial charge in [0, 0.05) is 11.8 Å². The average molecular weight is 184 g/mol. The molecule has 0 aromatic heterocycles. The Morgan fingerprint density at radius 1 is 1.07 bits per heavy atom. The molecule has 0 aliphatic heterocycles. The van der Waals surface area contributed by atoms with E-state index in [4.69, 9.17) is 0 Å². The fourth-order valence-corrected chi connectivity index (χ4v) is 2.82. The van der Waals surface area contributed by atoms with Gasteiger partial charge in [-0.05, 0) is 29.5 Å². The average Bonchev–Trinajstić information content (AvgIpc) is 2.24. The molecule has 1 heteroatoms. The summed E-state index contributed by atoms with van der Waals surface area (Å²) in [4.78, 5) is 11.8. The predicted octanol–water partition coefficient (Wildman–Crippen LogP) is 2.79. The molecule has 1 fully saturated rings. The Labute approximate surface area is 83.4 Å². The molecule has 4 rings (SSSR count). The number of Topliss-reactive ketones (excluding diaryl/α,β-unsaturated/α-hetero) is 1. The molecule has 0 amide bonds. The minimum Gasteiger partial charge on any atom is -0.294 e. The van der Waals surface area contributed by atoms with Gasteiger partial charge in [0.2, 0.25) is 0 Å². The number of carbonyl (C=O) groups excluding carboxylic acids is 1. The Kier molecular flexibility index (Phi) is 1.46. The van der Waals surface area contributed by atoms with E-state index in [1.165, 1.54) is 11.1 Å². The number of carbonyl (C=O) groups is 1. The lowest BCUT2D eigenvalue weighted by Crippen LogP contribution is -2.31. The van der Waals surface area contributed by atoms with Crippen molar-refractivity contribution in [1.29, 1.82) is 0 Å². The van der Waals surface area contributed by atoms with Crippen LogP contribution in [-0.4, -0.2) is 5.78 Å². The van der Waals surface area contributed by atoms with Crippen LogP contribution in [0.4, 0.5) is 0 Å². The summed E-state index contributed by atoms with van der Waals surface area (Å²) in [7, 11) is 0. The van der Waals surface area contributed by atoms with Crippen molar-refractivity contribution in [2.75, 3.05) is 0 Å². The highest BCUT2D eigenvalue weighted by Crippen LogP contribution is 2.49. The van der Waals surface area contributed by atoms with Crippen molar-refractivity contribution in [2.45, 2.75) is 24.7 Å². The lowest BCUT2D eigenvalue weighted by Gasteiger charge is -2.38. The van der Waals surface area contributed by atoms with E-state index in [1.807, 2.05) is 6.07 Å². The molecule has 70 valence electrons. The zero-order chi connectivity index (χ0) is 9.71. The van der Waals surface area contributed by atoms with Crippen molar-refractivity contribution in [3.63, 3.8) is 0 Å². The largest absolute Gasteiger partial charge is 0.294 e. The molecule has 0 N–H and O–H groups in total. The Hall–Kier alpha value is -1.37. The van der Waals surface area contributed by atoms with Crippen LogP contribution in [-0.2, 0) is 4.79 Å². The Morgan fingerprint density at radius 2 is 1.64 bits per heavy atom. The second-order valence-electron chi connectivity index (χ2n) is 4.20. The molecule has 0 spiro atoms. The normalized spacial score (nSPS) is 29.1. The van der Waals surface area contributed by atoms with Crippen molar-refractivity contribution in [2.24, 2.45) is 0 Å². The van der Waals surface area contributed by atoms with Crippen LogP contribution in [0.2, 0.25) is 0 Å². The number of hydrogen-bond donors (Lipinski definition) is 0. The van der Waals surface area contributed by atoms with Gasteiger partial charge in [-0.3, -0.25) is 4.79 Å². The maximum Gasteiger partial charge on any atom is 0.166 e. The molecule has 1 nitrogen and oxygen atoms in total.